The summed E-state index contributed by atoms with van der Waals surface area (Å²) in [5, 5.41) is 6.19. The number of halogens is 1. The molecule has 7 heteroatoms. The largest absolute Gasteiger partial charge is 0.460 e. The van der Waals surface area contributed by atoms with Gasteiger partial charge in [0.2, 0.25) is 0 Å². The molecular weight excluding hydrogens is 331 g/mol. The van der Waals surface area contributed by atoms with Crippen molar-refractivity contribution in [3.05, 3.63) is 46.9 Å². The van der Waals surface area contributed by atoms with Gasteiger partial charge in [0, 0.05) is 5.70 Å². The number of thiocarbonyl (C=S) groups is 1. The van der Waals surface area contributed by atoms with Gasteiger partial charge in [-0.25, -0.2) is 9.18 Å². The van der Waals surface area contributed by atoms with Crippen LogP contribution < -0.4 is 10.6 Å². The van der Waals surface area contributed by atoms with Gasteiger partial charge in [0.25, 0.3) is 5.78 Å². The quantitative estimate of drug-likeness (QED) is 0.483. The van der Waals surface area contributed by atoms with Crippen LogP contribution in [0.2, 0.25) is 0 Å². The second-order valence-electron chi connectivity index (χ2n) is 5.62. The van der Waals surface area contributed by atoms with Crippen LogP contribution in [0, 0.1) is 11.7 Å². The standard InChI is InChI=1S/C17H19FN2O3S/c1-4-23-16(22)15(21)12-13(9(2)3)19-17(24)20-14(12)10-6-5-7-11(18)8-10/h5-9,14H,4H2,1-3H3,(H2,19,20,24)/t14-/m1/s1. The van der Waals surface area contributed by atoms with Crippen LogP contribution in [0.5, 0.6) is 0 Å². The molecule has 0 amide bonds. The average Bonchev–Trinajstić information content (AvgIpc) is 2.53. The van der Waals surface area contributed by atoms with Crippen molar-refractivity contribution in [1.82, 2.24) is 10.6 Å². The Kier molecular flexibility index (Phi) is 5.66. The number of allylic oxidation sites excluding steroid dienone is 1. The molecule has 1 heterocycles. The smallest absolute Gasteiger partial charge is 0.379 e. The normalized spacial score (nSPS) is 17.4. The lowest BCUT2D eigenvalue weighted by molar-refractivity contribution is -0.152. The number of rotatable bonds is 5. The zero-order valence-corrected chi connectivity index (χ0v) is 14.5. The van der Waals surface area contributed by atoms with Gasteiger partial charge in [0.05, 0.1) is 18.2 Å². The Morgan fingerprint density at radius 1 is 1.38 bits per heavy atom. The molecule has 0 aromatic heterocycles. The third kappa shape index (κ3) is 3.79. The molecule has 0 bridgehead atoms. The highest BCUT2D eigenvalue weighted by Gasteiger charge is 2.36. The topological polar surface area (TPSA) is 67.4 Å². The Morgan fingerprint density at radius 3 is 2.67 bits per heavy atom. The van der Waals surface area contributed by atoms with E-state index in [1.807, 2.05) is 13.8 Å². The minimum Gasteiger partial charge on any atom is -0.460 e. The van der Waals surface area contributed by atoms with Crippen LogP contribution in [0.3, 0.4) is 0 Å². The molecule has 0 aliphatic carbocycles. The highest BCUT2D eigenvalue weighted by atomic mass is 32.1. The molecule has 0 fully saturated rings. The van der Waals surface area contributed by atoms with Gasteiger partial charge in [-0.05, 0) is 42.8 Å². The van der Waals surface area contributed by atoms with E-state index >= 15 is 0 Å². The first-order valence-corrected chi connectivity index (χ1v) is 8.04. The summed E-state index contributed by atoms with van der Waals surface area (Å²) in [7, 11) is 0. The Balaban J connectivity index is 2.57. The van der Waals surface area contributed by atoms with Gasteiger partial charge in [0.15, 0.2) is 5.11 Å². The molecule has 1 aliphatic heterocycles. The lowest BCUT2D eigenvalue weighted by Gasteiger charge is -2.32. The van der Waals surface area contributed by atoms with Crippen LogP contribution >= 0.6 is 12.2 Å². The van der Waals surface area contributed by atoms with Gasteiger partial charge in [-0.15, -0.1) is 0 Å². The fraction of sp³-hybridized carbons (Fsp3) is 0.353. The highest BCUT2D eigenvalue weighted by molar-refractivity contribution is 7.80. The average molecular weight is 350 g/mol. The number of benzene rings is 1. The lowest BCUT2D eigenvalue weighted by Crippen LogP contribution is -2.47. The number of carbonyl (C=O) groups is 2. The molecule has 2 rings (SSSR count). The van der Waals surface area contributed by atoms with Crippen molar-refractivity contribution in [1.29, 1.82) is 0 Å². The first-order valence-electron chi connectivity index (χ1n) is 7.63. The molecule has 1 aliphatic rings. The molecule has 0 radical (unpaired) electrons. The van der Waals surface area contributed by atoms with E-state index in [0.717, 1.165) is 0 Å². The van der Waals surface area contributed by atoms with Crippen LogP contribution in [0.4, 0.5) is 4.39 Å². The molecule has 0 unspecified atom stereocenters. The SMILES string of the molecule is CCOC(=O)C(=O)C1=C(C(C)C)NC(=S)N[C@@H]1c1cccc(F)c1. The van der Waals surface area contributed by atoms with Crippen LogP contribution in [0.1, 0.15) is 32.4 Å². The summed E-state index contributed by atoms with van der Waals surface area (Å²) in [5.74, 6) is -2.23. The number of Topliss-reactive ketones (excluding diaryl/α,β-unsaturated/α-hetero) is 1. The van der Waals surface area contributed by atoms with E-state index in [2.05, 4.69) is 10.6 Å². The van der Waals surface area contributed by atoms with Gasteiger partial charge in [-0.2, -0.15) is 0 Å². The van der Waals surface area contributed by atoms with Crippen molar-refractivity contribution in [2.75, 3.05) is 6.61 Å². The number of esters is 1. The van der Waals surface area contributed by atoms with Crippen molar-refractivity contribution in [3.63, 3.8) is 0 Å². The molecular formula is C17H19FN2O3S. The van der Waals surface area contributed by atoms with E-state index in [9.17, 15) is 14.0 Å². The summed E-state index contributed by atoms with van der Waals surface area (Å²) in [6, 6.07) is 5.11. The molecule has 0 spiro atoms. The monoisotopic (exact) mass is 350 g/mol. The van der Waals surface area contributed by atoms with E-state index in [0.29, 0.717) is 16.4 Å². The van der Waals surface area contributed by atoms with Gasteiger partial charge < -0.3 is 15.4 Å². The van der Waals surface area contributed by atoms with Crippen LogP contribution in [-0.4, -0.2) is 23.5 Å². The molecule has 1 aromatic rings. The third-order valence-electron chi connectivity index (χ3n) is 3.57. The number of ketones is 1. The fourth-order valence-electron chi connectivity index (χ4n) is 2.54. The number of hydrogen-bond acceptors (Lipinski definition) is 4. The minimum absolute atomic E-state index is 0.0884. The van der Waals surface area contributed by atoms with E-state index < -0.39 is 23.6 Å². The summed E-state index contributed by atoms with van der Waals surface area (Å²) in [6.45, 7) is 5.47. The van der Waals surface area contributed by atoms with Gasteiger partial charge in [-0.1, -0.05) is 26.0 Å². The molecule has 5 nitrogen and oxygen atoms in total. The number of ether oxygens (including phenoxy) is 1. The lowest BCUT2D eigenvalue weighted by atomic mass is 9.89. The molecule has 0 saturated heterocycles. The summed E-state index contributed by atoms with van der Waals surface area (Å²) in [5.41, 5.74) is 1.23. The highest BCUT2D eigenvalue weighted by Crippen LogP contribution is 2.30. The van der Waals surface area contributed by atoms with Crippen LogP contribution in [-0.2, 0) is 14.3 Å². The summed E-state index contributed by atoms with van der Waals surface area (Å²) >= 11 is 5.19. The van der Waals surface area contributed by atoms with Crippen molar-refractivity contribution in [3.8, 4) is 0 Å². The number of carbonyl (C=O) groups excluding carboxylic acids is 2. The first-order chi connectivity index (χ1) is 11.3. The zero-order chi connectivity index (χ0) is 17.9. The second-order valence-corrected chi connectivity index (χ2v) is 6.03. The maximum absolute atomic E-state index is 13.6. The van der Waals surface area contributed by atoms with Crippen LogP contribution in [0.15, 0.2) is 35.5 Å². The van der Waals surface area contributed by atoms with Crippen molar-refractivity contribution >= 4 is 29.1 Å². The first kappa shape index (κ1) is 18.1. The zero-order valence-electron chi connectivity index (χ0n) is 13.7. The van der Waals surface area contributed by atoms with Gasteiger partial charge >= 0.3 is 5.97 Å². The fourth-order valence-corrected chi connectivity index (χ4v) is 2.76. The van der Waals surface area contributed by atoms with Gasteiger partial charge in [0.1, 0.15) is 5.82 Å². The molecule has 0 saturated carbocycles. The predicted octanol–water partition coefficient (Wildman–Crippen LogP) is 2.39. The maximum atomic E-state index is 13.6. The Hall–Kier alpha value is -2.28. The Bertz CT molecular complexity index is 716. The molecule has 1 atom stereocenters. The predicted molar refractivity (Wildman–Crippen MR) is 91.5 cm³/mol. The van der Waals surface area contributed by atoms with E-state index in [4.69, 9.17) is 17.0 Å². The van der Waals surface area contributed by atoms with E-state index in [1.165, 1.54) is 12.1 Å². The van der Waals surface area contributed by atoms with Crippen molar-refractivity contribution < 1.29 is 18.7 Å². The van der Waals surface area contributed by atoms with Crippen LogP contribution in [0.25, 0.3) is 0 Å². The Labute approximate surface area is 145 Å². The summed E-state index contributed by atoms with van der Waals surface area (Å²) < 4.78 is 18.4. The number of nitrogens with one attached hydrogen (secondary N) is 2. The summed E-state index contributed by atoms with van der Waals surface area (Å²) in [4.78, 5) is 24.6. The summed E-state index contributed by atoms with van der Waals surface area (Å²) in [6.07, 6.45) is 0. The van der Waals surface area contributed by atoms with Gasteiger partial charge in [-0.3, -0.25) is 4.79 Å². The van der Waals surface area contributed by atoms with E-state index in [1.54, 1.807) is 19.1 Å². The van der Waals surface area contributed by atoms with E-state index in [-0.39, 0.29) is 18.1 Å². The second kappa shape index (κ2) is 7.53. The molecule has 24 heavy (non-hydrogen) atoms. The molecule has 128 valence electrons. The maximum Gasteiger partial charge on any atom is 0.379 e. The molecule has 1 aromatic carbocycles. The van der Waals surface area contributed by atoms with Crippen molar-refractivity contribution in [2.24, 2.45) is 5.92 Å². The Morgan fingerprint density at radius 2 is 2.08 bits per heavy atom. The minimum atomic E-state index is -0.941. The third-order valence-corrected chi connectivity index (χ3v) is 3.79. The molecule has 2 N–H and O–H groups in total. The van der Waals surface area contributed by atoms with Crippen molar-refractivity contribution in [2.45, 2.75) is 26.8 Å². The number of hydrogen-bond donors (Lipinski definition) is 2.